The molecule has 0 unspecified atom stereocenters. The van der Waals surface area contributed by atoms with Crippen LogP contribution in [0.3, 0.4) is 0 Å². The van der Waals surface area contributed by atoms with E-state index in [0.717, 1.165) is 6.42 Å². The summed E-state index contributed by atoms with van der Waals surface area (Å²) in [5, 5.41) is 3.40. The highest BCUT2D eigenvalue weighted by molar-refractivity contribution is 5.77. The first-order valence-electron chi connectivity index (χ1n) is 1.49. The van der Waals surface area contributed by atoms with E-state index in [-0.39, 0.29) is 0 Å². The number of rotatable bonds is 0. The zero-order chi connectivity index (χ0) is 3.54. The van der Waals surface area contributed by atoms with Crippen LogP contribution in [0, 0.1) is 0 Å². The molecule has 0 atom stereocenters. The molecule has 0 fully saturated rings. The molecule has 1 aliphatic rings. The molecule has 0 amide bonds. The molecule has 2 heteroatoms. The predicted molar refractivity (Wildman–Crippen MR) is 19.2 cm³/mol. The standard InChI is InChI=1S/C3H4NO/c1-2-4-5-3-1/h2-3H,1H2/q+1. The van der Waals surface area contributed by atoms with Crippen LogP contribution >= 0.6 is 0 Å². The Hall–Kier alpha value is -0.660. The summed E-state index contributed by atoms with van der Waals surface area (Å²) in [5.41, 5.74) is 0. The van der Waals surface area contributed by atoms with Crippen molar-refractivity contribution < 1.29 is 4.53 Å². The highest BCUT2D eigenvalue weighted by Crippen LogP contribution is 1.72. The summed E-state index contributed by atoms with van der Waals surface area (Å²) >= 11 is 0. The average molecular weight is 70.1 g/mol. The molecular formula is C3H4NO+. The van der Waals surface area contributed by atoms with Gasteiger partial charge in [0.15, 0.2) is 5.16 Å². The predicted octanol–water partition coefficient (Wildman–Crippen LogP) is 0.111. The van der Waals surface area contributed by atoms with Gasteiger partial charge in [-0.05, 0) is 0 Å². The minimum absolute atomic E-state index is 0.861. The van der Waals surface area contributed by atoms with E-state index >= 15 is 0 Å². The molecule has 2 nitrogen and oxygen atoms in total. The Balaban J connectivity index is 2.61. The summed E-state index contributed by atoms with van der Waals surface area (Å²) in [7, 11) is 0. The van der Waals surface area contributed by atoms with E-state index in [1.54, 1.807) is 12.5 Å². The first-order chi connectivity index (χ1) is 2.50. The summed E-state index contributed by atoms with van der Waals surface area (Å²) in [4.78, 5) is 0. The SMILES string of the molecule is C1=N[O+]=CC1. The monoisotopic (exact) mass is 70.0 g/mol. The van der Waals surface area contributed by atoms with Crippen molar-refractivity contribution in [3.8, 4) is 0 Å². The Labute approximate surface area is 29.8 Å². The third-order valence-electron chi connectivity index (χ3n) is 0.412. The molecule has 0 aromatic rings. The number of hydrogen-bond acceptors (Lipinski definition) is 1. The molecule has 0 N–H and O–H groups in total. The third kappa shape index (κ3) is 0.318. The van der Waals surface area contributed by atoms with Gasteiger partial charge in [0.05, 0.1) is 0 Å². The Bertz CT molecular complexity index is 65.0. The molecule has 1 rings (SSSR count). The Morgan fingerprint density at radius 2 is 2.80 bits per heavy atom. The summed E-state index contributed by atoms with van der Waals surface area (Å²) < 4.78 is 4.39. The molecule has 0 saturated carbocycles. The fourth-order valence-electron chi connectivity index (χ4n) is 0.215. The lowest BCUT2D eigenvalue weighted by Crippen LogP contribution is -1.61. The molecule has 0 saturated heterocycles. The maximum absolute atomic E-state index is 4.39. The molecule has 1 heterocycles. The first kappa shape index (κ1) is 2.57. The van der Waals surface area contributed by atoms with Gasteiger partial charge in [0, 0.05) is 0 Å². The first-order valence-corrected chi connectivity index (χ1v) is 1.49. The number of oxime groups is 1. The number of carbonyl (C=O) groups excluding carboxylic acids is 1. The third-order valence-corrected chi connectivity index (χ3v) is 0.412. The number of nitrogens with zero attached hydrogens (tertiary/aromatic N) is 1. The number of hydrogen-bond donors (Lipinski definition) is 0. The van der Waals surface area contributed by atoms with Gasteiger partial charge < -0.3 is 0 Å². The van der Waals surface area contributed by atoms with Crippen molar-refractivity contribution in [1.82, 2.24) is 0 Å². The second-order valence-electron chi connectivity index (χ2n) is 0.796. The molecule has 0 aromatic carbocycles. The largest absolute Gasteiger partial charge is 0.347 e. The lowest BCUT2D eigenvalue weighted by atomic mass is 10.5. The summed E-state index contributed by atoms with van der Waals surface area (Å²) in [6.07, 6.45) is 4.21. The van der Waals surface area contributed by atoms with Crippen LogP contribution in [0.2, 0.25) is 0 Å². The molecule has 0 spiro atoms. The highest BCUT2D eigenvalue weighted by atomic mass is 16.5. The second-order valence-corrected chi connectivity index (χ2v) is 0.796. The van der Waals surface area contributed by atoms with E-state index in [2.05, 4.69) is 9.68 Å². The van der Waals surface area contributed by atoms with Crippen molar-refractivity contribution in [3.05, 3.63) is 0 Å². The molecule has 0 bridgehead atoms. The van der Waals surface area contributed by atoms with Crippen LogP contribution in [-0.2, 0) is 4.53 Å². The fourth-order valence-corrected chi connectivity index (χ4v) is 0.215. The van der Waals surface area contributed by atoms with Crippen molar-refractivity contribution in [2.24, 2.45) is 5.16 Å². The minimum Gasteiger partial charge on any atom is -0.0810 e. The summed E-state index contributed by atoms with van der Waals surface area (Å²) in [5.74, 6) is 0. The van der Waals surface area contributed by atoms with Crippen LogP contribution in [0.4, 0.5) is 0 Å². The lowest BCUT2D eigenvalue weighted by molar-refractivity contribution is -0.453. The van der Waals surface area contributed by atoms with Gasteiger partial charge in [-0.1, -0.05) is 4.53 Å². The van der Waals surface area contributed by atoms with E-state index in [1.165, 1.54) is 0 Å². The van der Waals surface area contributed by atoms with Crippen LogP contribution in [0.15, 0.2) is 5.16 Å². The molecule has 1 aliphatic heterocycles. The van der Waals surface area contributed by atoms with E-state index in [1.807, 2.05) is 0 Å². The number of aldehydes is 1. The Morgan fingerprint density at radius 1 is 1.80 bits per heavy atom. The van der Waals surface area contributed by atoms with Gasteiger partial charge in [0.2, 0.25) is 0 Å². The normalized spacial score (nSPS) is 17.6. The van der Waals surface area contributed by atoms with Crippen molar-refractivity contribution in [2.45, 2.75) is 6.42 Å². The van der Waals surface area contributed by atoms with E-state index < -0.39 is 0 Å². The molecule has 0 aliphatic carbocycles. The maximum Gasteiger partial charge on any atom is 0.347 e. The van der Waals surface area contributed by atoms with Crippen molar-refractivity contribution in [2.75, 3.05) is 0 Å². The van der Waals surface area contributed by atoms with Crippen LogP contribution in [0.1, 0.15) is 6.42 Å². The Kier molecular flexibility index (Phi) is 0.499. The highest BCUT2D eigenvalue weighted by Gasteiger charge is 1.92. The van der Waals surface area contributed by atoms with Crippen molar-refractivity contribution in [3.63, 3.8) is 0 Å². The van der Waals surface area contributed by atoms with Crippen LogP contribution in [0.5, 0.6) is 0 Å². The van der Waals surface area contributed by atoms with Crippen LogP contribution in [0.25, 0.3) is 0 Å². The van der Waals surface area contributed by atoms with Crippen molar-refractivity contribution in [1.29, 1.82) is 0 Å². The molecular weight excluding hydrogens is 66.0 g/mol. The van der Waals surface area contributed by atoms with Gasteiger partial charge in [-0.15, -0.1) is 0 Å². The molecule has 5 heavy (non-hydrogen) atoms. The Morgan fingerprint density at radius 3 is 3.00 bits per heavy atom. The van der Waals surface area contributed by atoms with Gasteiger partial charge in [0.1, 0.15) is 12.6 Å². The van der Waals surface area contributed by atoms with Gasteiger partial charge in [-0.25, -0.2) is 0 Å². The fraction of sp³-hybridized carbons (Fsp3) is 0.333. The minimum atomic E-state index is 0.861. The van der Waals surface area contributed by atoms with E-state index in [9.17, 15) is 0 Å². The lowest BCUT2D eigenvalue weighted by Gasteiger charge is -1.36. The summed E-state index contributed by atoms with van der Waals surface area (Å²) in [6, 6.07) is 0. The quantitative estimate of drug-likeness (QED) is 0.285. The van der Waals surface area contributed by atoms with E-state index in [4.69, 9.17) is 0 Å². The van der Waals surface area contributed by atoms with Crippen molar-refractivity contribution >= 4 is 12.5 Å². The second kappa shape index (κ2) is 0.971. The van der Waals surface area contributed by atoms with Gasteiger partial charge in [-0.3, -0.25) is 0 Å². The molecule has 26 valence electrons. The van der Waals surface area contributed by atoms with Gasteiger partial charge >= 0.3 is 6.29 Å². The van der Waals surface area contributed by atoms with Gasteiger partial charge in [0.25, 0.3) is 0 Å². The molecule has 0 aromatic heterocycles. The van der Waals surface area contributed by atoms with Crippen LogP contribution < -0.4 is 0 Å². The zero-order valence-electron chi connectivity index (χ0n) is 2.72. The topological polar surface area (TPSA) is 23.7 Å². The maximum atomic E-state index is 4.39. The van der Waals surface area contributed by atoms with Crippen LogP contribution in [-0.4, -0.2) is 12.5 Å². The van der Waals surface area contributed by atoms with Gasteiger partial charge in [-0.2, -0.15) is 0 Å². The summed E-state index contributed by atoms with van der Waals surface area (Å²) in [6.45, 7) is 0. The van der Waals surface area contributed by atoms with E-state index in [0.29, 0.717) is 0 Å². The smallest absolute Gasteiger partial charge is 0.0810 e. The zero-order valence-corrected chi connectivity index (χ0v) is 2.72. The molecule has 0 radical (unpaired) electrons. The average Bonchev–Trinajstić information content (AvgIpc) is 1.76.